The molecular weight excluding hydrogens is 492 g/mol. The van der Waals surface area contributed by atoms with E-state index in [4.69, 9.17) is 4.74 Å². The van der Waals surface area contributed by atoms with Crippen molar-refractivity contribution in [1.82, 2.24) is 20.4 Å². The molecule has 2 unspecified atom stereocenters. The van der Waals surface area contributed by atoms with Crippen molar-refractivity contribution in [2.75, 3.05) is 18.5 Å². The van der Waals surface area contributed by atoms with Crippen molar-refractivity contribution >= 4 is 40.7 Å². The summed E-state index contributed by atoms with van der Waals surface area (Å²) in [5.41, 5.74) is 4.90. The molecule has 4 heterocycles. The van der Waals surface area contributed by atoms with Crippen LogP contribution in [-0.2, 0) is 11.3 Å². The molecule has 6 rings (SSSR count). The SMILES string of the molecule is CCC1=C2C(Nc3ccc4c(cnn4Cc4ccccc4)c3)=NC=NC2N=C1NC(=O)OCC1CCCCN1. The Kier molecular flexibility index (Phi) is 7.18. The van der Waals surface area contributed by atoms with E-state index in [0.29, 0.717) is 31.2 Å². The largest absolute Gasteiger partial charge is 0.448 e. The molecule has 0 radical (unpaired) electrons. The van der Waals surface area contributed by atoms with E-state index in [1.54, 1.807) is 0 Å². The molecule has 1 saturated heterocycles. The molecular formula is C29H32N8O2. The number of piperidine rings is 1. The van der Waals surface area contributed by atoms with Gasteiger partial charge in [0, 0.05) is 28.3 Å². The third-order valence-electron chi connectivity index (χ3n) is 7.25. The minimum atomic E-state index is -0.500. The summed E-state index contributed by atoms with van der Waals surface area (Å²) in [6.45, 7) is 4.05. The van der Waals surface area contributed by atoms with Crippen LogP contribution in [0.25, 0.3) is 10.9 Å². The zero-order valence-electron chi connectivity index (χ0n) is 21.9. The highest BCUT2D eigenvalue weighted by molar-refractivity contribution is 6.21. The third kappa shape index (κ3) is 5.46. The zero-order chi connectivity index (χ0) is 26.6. The highest BCUT2D eigenvalue weighted by atomic mass is 16.5. The van der Waals surface area contributed by atoms with Gasteiger partial charge in [-0.1, -0.05) is 43.7 Å². The van der Waals surface area contributed by atoms with Gasteiger partial charge >= 0.3 is 6.09 Å². The molecule has 0 bridgehead atoms. The molecule has 10 nitrogen and oxygen atoms in total. The second-order valence-corrected chi connectivity index (χ2v) is 9.90. The fourth-order valence-electron chi connectivity index (χ4n) is 5.27. The third-order valence-corrected chi connectivity index (χ3v) is 7.25. The van der Waals surface area contributed by atoms with Crippen LogP contribution in [0, 0.1) is 0 Å². The quantitative estimate of drug-likeness (QED) is 0.446. The summed E-state index contributed by atoms with van der Waals surface area (Å²) in [5.74, 6) is 1.16. The zero-order valence-corrected chi connectivity index (χ0v) is 21.9. The molecule has 0 aliphatic carbocycles. The van der Waals surface area contributed by atoms with Crippen molar-refractivity contribution < 1.29 is 9.53 Å². The number of rotatable bonds is 6. The van der Waals surface area contributed by atoms with Gasteiger partial charge in [0.25, 0.3) is 0 Å². The van der Waals surface area contributed by atoms with Gasteiger partial charge in [-0.05, 0) is 49.6 Å². The lowest BCUT2D eigenvalue weighted by atomic mass is 10.0. The number of aliphatic imine (C=N–C) groups is 3. The van der Waals surface area contributed by atoms with Gasteiger partial charge in [-0.2, -0.15) is 5.10 Å². The number of fused-ring (bicyclic) bond motifs is 2. The lowest BCUT2D eigenvalue weighted by Crippen LogP contribution is -2.40. The lowest BCUT2D eigenvalue weighted by Gasteiger charge is -2.23. The van der Waals surface area contributed by atoms with E-state index in [-0.39, 0.29) is 6.04 Å². The summed E-state index contributed by atoms with van der Waals surface area (Å²) < 4.78 is 7.48. The topological polar surface area (TPSA) is 117 Å². The van der Waals surface area contributed by atoms with Crippen LogP contribution in [0.4, 0.5) is 10.5 Å². The van der Waals surface area contributed by atoms with E-state index < -0.39 is 12.3 Å². The second kappa shape index (κ2) is 11.2. The number of amidine groups is 2. The summed E-state index contributed by atoms with van der Waals surface area (Å²) in [6.07, 6.45) is 6.43. The van der Waals surface area contributed by atoms with Gasteiger partial charge in [0.05, 0.1) is 18.3 Å². The maximum atomic E-state index is 12.6. The summed E-state index contributed by atoms with van der Waals surface area (Å²) in [4.78, 5) is 26.2. The molecule has 3 aliphatic rings. The first-order valence-electron chi connectivity index (χ1n) is 13.5. The average molecular weight is 525 g/mol. The first-order valence-corrected chi connectivity index (χ1v) is 13.5. The van der Waals surface area contributed by atoms with Gasteiger partial charge in [0.15, 0.2) is 6.17 Å². The average Bonchev–Trinajstić information content (AvgIpc) is 3.53. The molecule has 3 aromatic rings. The normalized spacial score (nSPS) is 20.4. The number of hydrogen-bond donors (Lipinski definition) is 3. The molecule has 10 heteroatoms. The minimum absolute atomic E-state index is 0.205. The van der Waals surface area contributed by atoms with Gasteiger partial charge in [-0.3, -0.25) is 10.00 Å². The Morgan fingerprint density at radius 1 is 1.15 bits per heavy atom. The molecule has 3 N–H and O–H groups in total. The van der Waals surface area contributed by atoms with Crippen molar-refractivity contribution in [2.45, 2.75) is 51.4 Å². The van der Waals surface area contributed by atoms with Crippen molar-refractivity contribution in [3.63, 3.8) is 0 Å². The van der Waals surface area contributed by atoms with Crippen LogP contribution in [-0.4, -0.2) is 59.2 Å². The van der Waals surface area contributed by atoms with E-state index in [0.717, 1.165) is 47.1 Å². The standard InChI is InChI=1S/C29H32N8O2/c1-2-23-25-27(31-18-32-28(25)35-26(23)36-29(38)39-17-22-10-6-7-13-30-22)34-21-11-12-24-20(14-21)15-33-37(24)16-19-8-4-3-5-9-19/h3-5,8-9,11-12,14-15,18,22,28,30H,2,6-7,10,13,16-17H2,1H3,(H,31,32,34)(H,35,36,38). The molecule has 2 aromatic carbocycles. The molecule has 3 aliphatic heterocycles. The fraction of sp³-hybridized carbons (Fsp3) is 0.345. The van der Waals surface area contributed by atoms with Crippen LogP contribution < -0.4 is 16.0 Å². The van der Waals surface area contributed by atoms with Crippen LogP contribution in [0.5, 0.6) is 0 Å². The van der Waals surface area contributed by atoms with Crippen LogP contribution >= 0.6 is 0 Å². The summed E-state index contributed by atoms with van der Waals surface area (Å²) in [5, 5.41) is 15.3. The summed E-state index contributed by atoms with van der Waals surface area (Å²) in [6, 6.07) is 16.6. The number of aromatic nitrogens is 2. The van der Waals surface area contributed by atoms with E-state index in [1.807, 2.05) is 42.1 Å². The van der Waals surface area contributed by atoms with Crippen molar-refractivity contribution in [3.05, 3.63) is 71.4 Å². The molecule has 0 saturated carbocycles. The van der Waals surface area contributed by atoms with Crippen LogP contribution in [0.15, 0.2) is 80.9 Å². The molecule has 1 amide bonds. The number of hydrogen-bond acceptors (Lipinski definition) is 8. The number of benzene rings is 2. The second-order valence-electron chi connectivity index (χ2n) is 9.90. The Hall–Kier alpha value is -4.31. The molecule has 2 atom stereocenters. The van der Waals surface area contributed by atoms with Gasteiger partial charge in [0.1, 0.15) is 24.6 Å². The number of carbonyl (C=O) groups is 1. The van der Waals surface area contributed by atoms with E-state index in [9.17, 15) is 4.79 Å². The van der Waals surface area contributed by atoms with Gasteiger partial charge in [-0.25, -0.2) is 19.8 Å². The molecule has 0 spiro atoms. The molecule has 200 valence electrons. The molecule has 39 heavy (non-hydrogen) atoms. The Bertz CT molecular complexity index is 1480. The first-order chi connectivity index (χ1) is 19.2. The fourth-order valence-corrected chi connectivity index (χ4v) is 5.27. The predicted octanol–water partition coefficient (Wildman–Crippen LogP) is 4.25. The summed E-state index contributed by atoms with van der Waals surface area (Å²) in [7, 11) is 0. The maximum absolute atomic E-state index is 12.6. The molecule has 1 fully saturated rings. The van der Waals surface area contributed by atoms with Crippen LogP contribution in [0.1, 0.15) is 38.2 Å². The number of amides is 1. The monoisotopic (exact) mass is 524 g/mol. The van der Waals surface area contributed by atoms with Gasteiger partial charge in [-0.15, -0.1) is 0 Å². The number of ether oxygens (including phenoxy) is 1. The highest BCUT2D eigenvalue weighted by Gasteiger charge is 2.33. The predicted molar refractivity (Wildman–Crippen MR) is 153 cm³/mol. The van der Waals surface area contributed by atoms with E-state index >= 15 is 0 Å². The Morgan fingerprint density at radius 2 is 2.05 bits per heavy atom. The number of carbonyl (C=O) groups excluding carboxylic acids is 1. The lowest BCUT2D eigenvalue weighted by molar-refractivity contribution is 0.133. The van der Waals surface area contributed by atoms with Crippen LogP contribution in [0.3, 0.4) is 0 Å². The van der Waals surface area contributed by atoms with Crippen molar-refractivity contribution in [3.8, 4) is 0 Å². The van der Waals surface area contributed by atoms with Crippen molar-refractivity contribution in [2.24, 2.45) is 15.0 Å². The van der Waals surface area contributed by atoms with Gasteiger partial charge < -0.3 is 15.4 Å². The molecule has 1 aromatic heterocycles. The number of alkyl carbamates (subject to hydrolysis) is 1. The Labute approximate surface area is 227 Å². The minimum Gasteiger partial charge on any atom is -0.448 e. The Balaban J connectivity index is 1.15. The van der Waals surface area contributed by atoms with Gasteiger partial charge in [0.2, 0.25) is 0 Å². The highest BCUT2D eigenvalue weighted by Crippen LogP contribution is 2.29. The van der Waals surface area contributed by atoms with E-state index in [1.165, 1.54) is 18.3 Å². The number of nitrogens with zero attached hydrogens (tertiary/aromatic N) is 5. The van der Waals surface area contributed by atoms with Crippen molar-refractivity contribution in [1.29, 1.82) is 0 Å². The Morgan fingerprint density at radius 3 is 2.87 bits per heavy atom. The smallest absolute Gasteiger partial charge is 0.412 e. The summed E-state index contributed by atoms with van der Waals surface area (Å²) >= 11 is 0. The van der Waals surface area contributed by atoms with E-state index in [2.05, 4.69) is 60.3 Å². The first kappa shape index (κ1) is 25.0. The number of nitrogens with one attached hydrogen (secondary N) is 3. The number of anilines is 1. The van der Waals surface area contributed by atoms with Crippen LogP contribution in [0.2, 0.25) is 0 Å². The maximum Gasteiger partial charge on any atom is 0.412 e.